The molecule has 4 rings (SSSR count). The molecule has 1 aliphatic heterocycles. The summed E-state index contributed by atoms with van der Waals surface area (Å²) >= 11 is 7.00. The van der Waals surface area contributed by atoms with Gasteiger partial charge in [0.25, 0.3) is 5.91 Å². The first kappa shape index (κ1) is 15.5. The molecule has 3 aromatic rings. The van der Waals surface area contributed by atoms with Crippen molar-refractivity contribution in [3.63, 3.8) is 0 Å². The maximum absolute atomic E-state index is 12.4. The molecule has 6 nitrogen and oxygen atoms in total. The Bertz CT molecular complexity index is 906. The molecule has 1 aliphatic rings. The molecular weight excluding hydrogens is 342 g/mol. The van der Waals surface area contributed by atoms with E-state index < -0.39 is 0 Å². The van der Waals surface area contributed by atoms with Crippen molar-refractivity contribution in [1.82, 2.24) is 19.1 Å². The Morgan fingerprint density at radius 1 is 1.25 bits per heavy atom. The van der Waals surface area contributed by atoms with Gasteiger partial charge in [-0.3, -0.25) is 9.20 Å². The first-order valence-electron chi connectivity index (χ1n) is 7.93. The van der Waals surface area contributed by atoms with E-state index in [-0.39, 0.29) is 5.91 Å². The van der Waals surface area contributed by atoms with Gasteiger partial charge in [0.2, 0.25) is 4.77 Å². The number of aromatic nitrogens is 3. The van der Waals surface area contributed by atoms with Crippen molar-refractivity contribution in [3.8, 4) is 0 Å². The van der Waals surface area contributed by atoms with Crippen LogP contribution < -0.4 is 4.90 Å². The number of nitrogens with one attached hydrogen (secondary N) is 1. The Morgan fingerprint density at radius 3 is 2.79 bits per heavy atom. The predicted molar refractivity (Wildman–Crippen MR) is 94.9 cm³/mol. The Balaban J connectivity index is 1.42. The van der Waals surface area contributed by atoms with Gasteiger partial charge in [-0.25, -0.2) is 0 Å². The number of piperazine rings is 1. The van der Waals surface area contributed by atoms with Crippen LogP contribution in [0.5, 0.6) is 0 Å². The smallest absolute Gasteiger partial charge is 0.264 e. The van der Waals surface area contributed by atoms with Gasteiger partial charge in [-0.1, -0.05) is 12.1 Å². The molecular formula is C16H18N5OS2+. The summed E-state index contributed by atoms with van der Waals surface area (Å²) in [7, 11) is 0. The average Bonchev–Trinajstić information content (AvgIpc) is 3.25. The van der Waals surface area contributed by atoms with Crippen molar-refractivity contribution >= 4 is 35.1 Å². The van der Waals surface area contributed by atoms with Crippen molar-refractivity contribution in [3.05, 3.63) is 51.6 Å². The third-order valence-corrected chi connectivity index (χ3v) is 5.62. The maximum atomic E-state index is 12.4. The normalized spacial score (nSPS) is 15.9. The molecule has 4 heterocycles. The van der Waals surface area contributed by atoms with Crippen LogP contribution in [-0.2, 0) is 6.67 Å². The zero-order valence-electron chi connectivity index (χ0n) is 13.1. The summed E-state index contributed by atoms with van der Waals surface area (Å²) in [6.07, 6.45) is 1.94. The lowest BCUT2D eigenvalue weighted by Crippen LogP contribution is -3.14. The first-order valence-corrected chi connectivity index (χ1v) is 9.22. The maximum Gasteiger partial charge on any atom is 0.264 e. The Labute approximate surface area is 148 Å². The van der Waals surface area contributed by atoms with Crippen LogP contribution >= 0.6 is 23.6 Å². The molecule has 0 aromatic carbocycles. The number of carbonyl (C=O) groups is 1. The van der Waals surface area contributed by atoms with Crippen LogP contribution in [0, 0.1) is 4.77 Å². The molecule has 0 radical (unpaired) electrons. The average molecular weight is 360 g/mol. The van der Waals surface area contributed by atoms with E-state index in [1.165, 1.54) is 16.2 Å². The minimum atomic E-state index is 0.147. The molecule has 3 aromatic heterocycles. The molecule has 0 saturated carbocycles. The quantitative estimate of drug-likeness (QED) is 0.707. The van der Waals surface area contributed by atoms with Gasteiger partial charge in [0.15, 0.2) is 12.3 Å². The molecule has 8 heteroatoms. The molecule has 0 atom stereocenters. The lowest BCUT2D eigenvalue weighted by Gasteiger charge is -2.31. The van der Waals surface area contributed by atoms with Gasteiger partial charge in [-0.05, 0) is 35.8 Å². The minimum Gasteiger partial charge on any atom is -0.327 e. The number of pyridine rings is 1. The van der Waals surface area contributed by atoms with E-state index >= 15 is 0 Å². The zero-order chi connectivity index (χ0) is 16.5. The number of thiophene rings is 1. The highest BCUT2D eigenvalue weighted by atomic mass is 32.1. The highest BCUT2D eigenvalue weighted by Crippen LogP contribution is 2.12. The second-order valence-corrected chi connectivity index (χ2v) is 7.20. The monoisotopic (exact) mass is 360 g/mol. The van der Waals surface area contributed by atoms with E-state index in [1.807, 2.05) is 55.9 Å². The molecule has 0 bridgehead atoms. The summed E-state index contributed by atoms with van der Waals surface area (Å²) in [5, 5.41) is 6.52. The number of hydrogen-bond acceptors (Lipinski definition) is 4. The van der Waals surface area contributed by atoms with Crippen molar-refractivity contribution < 1.29 is 9.69 Å². The number of nitrogens with zero attached hydrogens (tertiary/aromatic N) is 4. The largest absolute Gasteiger partial charge is 0.327 e. The van der Waals surface area contributed by atoms with Gasteiger partial charge in [0.1, 0.15) is 0 Å². The number of fused-ring (bicyclic) bond motifs is 1. The molecule has 1 saturated heterocycles. The second kappa shape index (κ2) is 6.46. The molecule has 24 heavy (non-hydrogen) atoms. The summed E-state index contributed by atoms with van der Waals surface area (Å²) in [5.74, 6) is 0.147. The molecule has 124 valence electrons. The molecule has 1 amide bonds. The lowest BCUT2D eigenvalue weighted by atomic mass is 10.3. The first-order chi connectivity index (χ1) is 11.7. The Morgan fingerprint density at radius 2 is 2.08 bits per heavy atom. The molecule has 0 aliphatic carbocycles. The van der Waals surface area contributed by atoms with Crippen LogP contribution in [0.2, 0.25) is 0 Å². The van der Waals surface area contributed by atoms with Crippen LogP contribution in [0.25, 0.3) is 5.65 Å². The summed E-state index contributed by atoms with van der Waals surface area (Å²) in [6, 6.07) is 9.69. The summed E-state index contributed by atoms with van der Waals surface area (Å²) in [6.45, 7) is 4.10. The number of rotatable bonds is 3. The summed E-state index contributed by atoms with van der Waals surface area (Å²) in [4.78, 5) is 16.5. The summed E-state index contributed by atoms with van der Waals surface area (Å²) in [5.41, 5.74) is 0.869. The highest BCUT2D eigenvalue weighted by Gasteiger charge is 2.25. The zero-order valence-corrected chi connectivity index (χ0v) is 14.7. The van der Waals surface area contributed by atoms with Crippen LogP contribution in [-0.4, -0.2) is 51.2 Å². The molecule has 1 N–H and O–H groups in total. The van der Waals surface area contributed by atoms with Crippen molar-refractivity contribution in [2.75, 3.05) is 26.2 Å². The van der Waals surface area contributed by atoms with Gasteiger partial charge < -0.3 is 9.80 Å². The fourth-order valence-electron chi connectivity index (χ4n) is 3.02. The number of amides is 1. The van der Waals surface area contributed by atoms with Gasteiger partial charge >= 0.3 is 0 Å². The van der Waals surface area contributed by atoms with E-state index in [1.54, 1.807) is 0 Å². The van der Waals surface area contributed by atoms with Gasteiger partial charge in [-0.2, -0.15) is 4.68 Å². The van der Waals surface area contributed by atoms with Crippen LogP contribution in [0.3, 0.4) is 0 Å². The van der Waals surface area contributed by atoms with Gasteiger partial charge in [0, 0.05) is 6.20 Å². The van der Waals surface area contributed by atoms with Gasteiger partial charge in [-0.15, -0.1) is 16.4 Å². The van der Waals surface area contributed by atoms with E-state index in [0.29, 0.717) is 0 Å². The topological polar surface area (TPSA) is 47.0 Å². The van der Waals surface area contributed by atoms with Crippen molar-refractivity contribution in [2.24, 2.45) is 0 Å². The Hall–Kier alpha value is -2.03. The van der Waals surface area contributed by atoms with Crippen LogP contribution in [0.15, 0.2) is 41.9 Å². The third kappa shape index (κ3) is 2.88. The fraction of sp³-hybridized carbons (Fsp3) is 0.312. The van der Waals surface area contributed by atoms with E-state index in [4.69, 9.17) is 12.2 Å². The highest BCUT2D eigenvalue weighted by molar-refractivity contribution is 7.71. The van der Waals surface area contributed by atoms with Gasteiger partial charge in [0.05, 0.1) is 31.1 Å². The van der Waals surface area contributed by atoms with Crippen LogP contribution in [0.1, 0.15) is 9.67 Å². The third-order valence-electron chi connectivity index (χ3n) is 4.35. The fourth-order valence-corrected chi connectivity index (χ4v) is 3.97. The van der Waals surface area contributed by atoms with Crippen LogP contribution in [0.4, 0.5) is 0 Å². The molecule has 0 unspecified atom stereocenters. The second-order valence-electron chi connectivity index (χ2n) is 5.89. The number of carbonyl (C=O) groups excluding carboxylic acids is 1. The van der Waals surface area contributed by atoms with Crippen molar-refractivity contribution in [2.45, 2.75) is 6.67 Å². The SMILES string of the molecule is O=C(c1cccs1)N1CC[NH+](Cn2nc3ccccn3c2=S)CC1. The van der Waals surface area contributed by atoms with E-state index in [9.17, 15) is 4.79 Å². The number of hydrogen-bond donors (Lipinski definition) is 1. The Kier molecular flexibility index (Phi) is 4.17. The number of quaternary nitrogens is 1. The molecule has 0 spiro atoms. The minimum absolute atomic E-state index is 0.147. The molecule has 1 fully saturated rings. The summed E-state index contributed by atoms with van der Waals surface area (Å²) < 4.78 is 4.53. The van der Waals surface area contributed by atoms with E-state index in [0.717, 1.165) is 48.1 Å². The standard InChI is InChI=1S/C16H17N5OS2/c22-15(13-4-3-11-24-13)19-9-7-18(8-10-19)12-21-16(23)20-6-2-1-5-14(20)17-21/h1-6,11H,7-10,12H2/p+1. The van der Waals surface area contributed by atoms with Crippen molar-refractivity contribution in [1.29, 1.82) is 0 Å². The predicted octanol–water partition coefficient (Wildman–Crippen LogP) is 0.925. The van der Waals surface area contributed by atoms with E-state index in [2.05, 4.69) is 5.10 Å². The lowest BCUT2D eigenvalue weighted by molar-refractivity contribution is -0.927.